The number of carboxylic acid groups (broad SMARTS) is 1. The van der Waals surface area contributed by atoms with Gasteiger partial charge < -0.3 is 19.3 Å². The Bertz CT molecular complexity index is 889. The zero-order chi connectivity index (χ0) is 22.6. The molecule has 1 atom stereocenters. The third kappa shape index (κ3) is 6.09. The molecule has 11 heteroatoms. The fourth-order valence-corrected chi connectivity index (χ4v) is 3.33. The molecule has 1 aliphatic heterocycles. The van der Waals surface area contributed by atoms with Gasteiger partial charge in [-0.05, 0) is 40.1 Å². The summed E-state index contributed by atoms with van der Waals surface area (Å²) in [4.78, 5) is 26.0. The van der Waals surface area contributed by atoms with Crippen molar-refractivity contribution in [2.24, 2.45) is 5.92 Å². The predicted molar refractivity (Wildman–Crippen MR) is 101 cm³/mol. The van der Waals surface area contributed by atoms with Gasteiger partial charge in [-0.3, -0.25) is 9.48 Å². The molecule has 1 N–H and O–H groups in total. The number of aryl methyl sites for hydroxylation is 2. The van der Waals surface area contributed by atoms with Crippen LogP contribution in [0.2, 0.25) is 0 Å². The Morgan fingerprint density at radius 2 is 1.93 bits per heavy atom. The van der Waals surface area contributed by atoms with Gasteiger partial charge in [0.15, 0.2) is 0 Å². The number of amides is 1. The van der Waals surface area contributed by atoms with Crippen LogP contribution in [0.25, 0.3) is 0 Å². The molecule has 0 aromatic carbocycles. The molecule has 0 fully saturated rings. The molecule has 1 unspecified atom stereocenters. The van der Waals surface area contributed by atoms with Crippen molar-refractivity contribution in [3.05, 3.63) is 41.1 Å². The molecule has 2 aromatic rings. The Kier molecular flexibility index (Phi) is 7.30. The number of carbonyl (C=O) groups is 2. The van der Waals surface area contributed by atoms with Crippen molar-refractivity contribution in [2.45, 2.75) is 33.1 Å². The molecular formula is C19H25F3N4O4. The normalized spacial score (nSPS) is 16.5. The Hall–Kier alpha value is -2.82. The van der Waals surface area contributed by atoms with Crippen molar-refractivity contribution >= 4 is 11.9 Å². The maximum absolute atomic E-state index is 13.0. The number of nitrogens with zero attached hydrogens (tertiary/aromatic N) is 4. The van der Waals surface area contributed by atoms with Gasteiger partial charge >= 0.3 is 12.1 Å². The van der Waals surface area contributed by atoms with Crippen LogP contribution in [-0.4, -0.2) is 69.9 Å². The first-order valence-electron chi connectivity index (χ1n) is 9.20. The van der Waals surface area contributed by atoms with Gasteiger partial charge in [0, 0.05) is 31.7 Å². The van der Waals surface area contributed by atoms with E-state index in [0.717, 1.165) is 31.1 Å². The Morgan fingerprint density at radius 3 is 2.43 bits per heavy atom. The molecule has 1 amide bonds. The average molecular weight is 430 g/mol. The Morgan fingerprint density at radius 1 is 1.30 bits per heavy atom. The Balaban J connectivity index is 0.000000396. The van der Waals surface area contributed by atoms with Crippen molar-refractivity contribution in [2.75, 3.05) is 27.2 Å². The monoisotopic (exact) mass is 430 g/mol. The van der Waals surface area contributed by atoms with Crippen LogP contribution in [0, 0.1) is 19.8 Å². The summed E-state index contributed by atoms with van der Waals surface area (Å²) in [7, 11) is 4.12. The number of alkyl halides is 3. The highest BCUT2D eigenvalue weighted by Crippen LogP contribution is 2.21. The van der Waals surface area contributed by atoms with Gasteiger partial charge in [0.2, 0.25) is 0 Å². The molecule has 0 saturated carbocycles. The lowest BCUT2D eigenvalue weighted by Gasteiger charge is -2.25. The van der Waals surface area contributed by atoms with Gasteiger partial charge in [-0.2, -0.15) is 18.3 Å². The van der Waals surface area contributed by atoms with E-state index in [4.69, 9.17) is 14.3 Å². The van der Waals surface area contributed by atoms with Crippen molar-refractivity contribution < 1.29 is 32.3 Å². The average Bonchev–Trinajstić information content (AvgIpc) is 3.13. The number of rotatable bonds is 3. The van der Waals surface area contributed by atoms with Crippen molar-refractivity contribution in [1.82, 2.24) is 19.6 Å². The second-order valence-electron chi connectivity index (χ2n) is 7.45. The number of fused-ring (bicyclic) bond motifs is 1. The van der Waals surface area contributed by atoms with Gasteiger partial charge in [-0.25, -0.2) is 4.79 Å². The summed E-state index contributed by atoms with van der Waals surface area (Å²) >= 11 is 0. The zero-order valence-corrected chi connectivity index (χ0v) is 17.2. The largest absolute Gasteiger partial charge is 0.490 e. The molecule has 0 radical (unpaired) electrons. The van der Waals surface area contributed by atoms with Gasteiger partial charge in [-0.15, -0.1) is 0 Å². The third-order valence-electron chi connectivity index (χ3n) is 4.49. The maximum atomic E-state index is 13.0. The van der Waals surface area contributed by atoms with E-state index in [-0.39, 0.29) is 5.91 Å². The lowest BCUT2D eigenvalue weighted by atomic mass is 10.1. The first kappa shape index (κ1) is 23.5. The van der Waals surface area contributed by atoms with E-state index >= 15 is 0 Å². The van der Waals surface area contributed by atoms with Gasteiger partial charge in [0.05, 0.1) is 17.8 Å². The number of hydrogen-bond donors (Lipinski definition) is 1. The number of hydrogen-bond acceptors (Lipinski definition) is 5. The third-order valence-corrected chi connectivity index (χ3v) is 4.49. The molecule has 166 valence electrons. The first-order valence-corrected chi connectivity index (χ1v) is 9.20. The van der Waals surface area contributed by atoms with E-state index in [2.05, 4.69) is 24.1 Å². The SMILES string of the molecule is Cc1cc(C(=O)N2Cc3ccnn3CC(CN(C)C)C2)c(C)o1.O=C(O)C(F)(F)F. The molecule has 2 aromatic heterocycles. The predicted octanol–water partition coefficient (Wildman–Crippen LogP) is 2.56. The molecule has 0 spiro atoms. The summed E-state index contributed by atoms with van der Waals surface area (Å²) in [5.41, 5.74) is 1.75. The minimum absolute atomic E-state index is 0.0396. The summed E-state index contributed by atoms with van der Waals surface area (Å²) in [5, 5.41) is 11.5. The lowest BCUT2D eigenvalue weighted by molar-refractivity contribution is -0.192. The summed E-state index contributed by atoms with van der Waals surface area (Å²) < 4.78 is 39.3. The van der Waals surface area contributed by atoms with Crippen LogP contribution in [0.4, 0.5) is 13.2 Å². The number of aromatic nitrogens is 2. The molecule has 3 heterocycles. The van der Waals surface area contributed by atoms with Crippen LogP contribution < -0.4 is 0 Å². The van der Waals surface area contributed by atoms with E-state index in [1.165, 1.54) is 0 Å². The topological polar surface area (TPSA) is 91.8 Å². The van der Waals surface area contributed by atoms with Gasteiger partial charge in [0.25, 0.3) is 5.91 Å². The summed E-state index contributed by atoms with van der Waals surface area (Å²) in [6, 6.07) is 3.83. The number of halogens is 3. The molecular weight excluding hydrogens is 405 g/mol. The highest BCUT2D eigenvalue weighted by Gasteiger charge is 2.38. The quantitative estimate of drug-likeness (QED) is 0.805. The fraction of sp³-hybridized carbons (Fsp3) is 0.526. The number of furan rings is 1. The van der Waals surface area contributed by atoms with E-state index < -0.39 is 12.1 Å². The number of aliphatic carboxylic acids is 1. The van der Waals surface area contributed by atoms with Crippen molar-refractivity contribution in [1.29, 1.82) is 0 Å². The molecule has 0 aliphatic carbocycles. The second kappa shape index (κ2) is 9.33. The van der Waals surface area contributed by atoms with Crippen LogP contribution >= 0.6 is 0 Å². The van der Waals surface area contributed by atoms with Crippen molar-refractivity contribution in [3.63, 3.8) is 0 Å². The van der Waals surface area contributed by atoms with Crippen molar-refractivity contribution in [3.8, 4) is 0 Å². The molecule has 3 rings (SSSR count). The minimum Gasteiger partial charge on any atom is -0.475 e. The molecule has 30 heavy (non-hydrogen) atoms. The number of carbonyl (C=O) groups excluding carboxylic acids is 1. The minimum atomic E-state index is -5.08. The van der Waals surface area contributed by atoms with Crippen LogP contribution in [-0.2, 0) is 17.9 Å². The van der Waals surface area contributed by atoms with E-state index in [0.29, 0.717) is 23.8 Å². The highest BCUT2D eigenvalue weighted by molar-refractivity contribution is 5.95. The summed E-state index contributed by atoms with van der Waals surface area (Å²) in [6.07, 6.45) is -3.27. The zero-order valence-electron chi connectivity index (χ0n) is 17.2. The van der Waals surface area contributed by atoms with Crippen LogP contribution in [0.3, 0.4) is 0 Å². The smallest absolute Gasteiger partial charge is 0.475 e. The van der Waals surface area contributed by atoms with Crippen LogP contribution in [0.5, 0.6) is 0 Å². The van der Waals surface area contributed by atoms with Crippen LogP contribution in [0.15, 0.2) is 22.7 Å². The standard InChI is InChI=1S/C17H24N4O2.C2HF3O2/c1-12-7-16(13(2)23-12)17(22)20-9-14(8-19(3)4)10-21-15(11-20)5-6-18-21;3-2(4,5)1(6)7/h5-7,14H,8-11H2,1-4H3;(H,6,7). The van der Waals surface area contributed by atoms with Gasteiger partial charge in [-0.1, -0.05) is 0 Å². The van der Waals surface area contributed by atoms with Gasteiger partial charge in [0.1, 0.15) is 11.5 Å². The summed E-state index contributed by atoms with van der Waals surface area (Å²) in [6.45, 7) is 6.80. The molecule has 8 nitrogen and oxygen atoms in total. The maximum Gasteiger partial charge on any atom is 0.490 e. The van der Waals surface area contributed by atoms with Crippen LogP contribution in [0.1, 0.15) is 27.6 Å². The molecule has 0 bridgehead atoms. The highest BCUT2D eigenvalue weighted by atomic mass is 19.4. The second-order valence-corrected chi connectivity index (χ2v) is 7.45. The lowest BCUT2D eigenvalue weighted by Crippen LogP contribution is -2.37. The first-order chi connectivity index (χ1) is 13.9. The van der Waals surface area contributed by atoms with E-state index in [1.807, 2.05) is 41.8 Å². The summed E-state index contributed by atoms with van der Waals surface area (Å²) in [5.74, 6) is -0.904. The fourth-order valence-electron chi connectivity index (χ4n) is 3.33. The Labute approximate surface area is 171 Å². The molecule has 0 saturated heterocycles. The van der Waals surface area contributed by atoms with E-state index in [1.54, 1.807) is 0 Å². The molecule has 1 aliphatic rings. The number of carboxylic acids is 1. The van der Waals surface area contributed by atoms with E-state index in [9.17, 15) is 18.0 Å².